The molecule has 28 heavy (non-hydrogen) atoms. The predicted octanol–water partition coefficient (Wildman–Crippen LogP) is 4.59. The molecule has 0 spiro atoms. The van der Waals surface area contributed by atoms with Gasteiger partial charge in [-0.2, -0.15) is 0 Å². The summed E-state index contributed by atoms with van der Waals surface area (Å²) in [4.78, 5) is 15.3. The zero-order valence-corrected chi connectivity index (χ0v) is 16.9. The molecule has 0 saturated carbocycles. The van der Waals surface area contributed by atoms with Gasteiger partial charge >= 0.3 is 0 Å². The van der Waals surface area contributed by atoms with E-state index in [1.165, 1.54) is 5.56 Å². The maximum Gasteiger partial charge on any atom is 0.254 e. The Hall–Kier alpha value is -2.95. The van der Waals surface area contributed by atoms with E-state index in [0.29, 0.717) is 19.0 Å². The number of carbonyl (C=O) groups excluding carboxylic acids is 1. The van der Waals surface area contributed by atoms with Crippen LogP contribution in [0.25, 0.3) is 11.1 Å². The fourth-order valence-electron chi connectivity index (χ4n) is 4.01. The van der Waals surface area contributed by atoms with Crippen molar-refractivity contribution in [3.63, 3.8) is 0 Å². The van der Waals surface area contributed by atoms with E-state index < -0.39 is 0 Å². The Balaban J connectivity index is 1.68. The van der Waals surface area contributed by atoms with Gasteiger partial charge in [-0.15, -0.1) is 10.2 Å². The van der Waals surface area contributed by atoms with Crippen LogP contribution in [-0.4, -0.2) is 32.1 Å². The van der Waals surface area contributed by atoms with E-state index in [1.54, 1.807) is 0 Å². The Morgan fingerprint density at radius 1 is 1.11 bits per heavy atom. The van der Waals surface area contributed by atoms with Crippen LogP contribution in [0.2, 0.25) is 0 Å². The van der Waals surface area contributed by atoms with Crippen LogP contribution < -0.4 is 0 Å². The van der Waals surface area contributed by atoms with Gasteiger partial charge in [0.15, 0.2) is 5.82 Å². The monoisotopic (exact) mass is 374 g/mol. The Bertz CT molecular complexity index is 1020. The lowest BCUT2D eigenvalue weighted by molar-refractivity contribution is 0.0680. The quantitative estimate of drug-likeness (QED) is 0.673. The molecule has 0 aliphatic carbocycles. The summed E-state index contributed by atoms with van der Waals surface area (Å²) in [7, 11) is 0. The van der Waals surface area contributed by atoms with Crippen molar-refractivity contribution in [2.24, 2.45) is 0 Å². The smallest absolute Gasteiger partial charge is 0.254 e. The van der Waals surface area contributed by atoms with E-state index in [1.807, 2.05) is 35.2 Å². The number of fused-ring (bicyclic) bond motifs is 1. The summed E-state index contributed by atoms with van der Waals surface area (Å²) in [5.41, 5.74) is 3.95. The number of benzene rings is 2. The first-order chi connectivity index (χ1) is 13.5. The molecule has 1 amide bonds. The van der Waals surface area contributed by atoms with E-state index in [9.17, 15) is 4.79 Å². The van der Waals surface area contributed by atoms with Crippen molar-refractivity contribution in [1.82, 2.24) is 19.7 Å². The summed E-state index contributed by atoms with van der Waals surface area (Å²) in [6, 6.07) is 16.3. The number of hydrogen-bond donors (Lipinski definition) is 0. The number of carbonyl (C=O) groups is 1. The van der Waals surface area contributed by atoms with Gasteiger partial charge in [-0.25, -0.2) is 0 Å². The number of amides is 1. The zero-order valence-electron chi connectivity index (χ0n) is 16.9. The first kappa shape index (κ1) is 18.4. The molecule has 0 fully saturated rings. The highest BCUT2D eigenvalue weighted by Crippen LogP contribution is 2.29. The van der Waals surface area contributed by atoms with Gasteiger partial charge in [-0.1, -0.05) is 61.9 Å². The molecule has 1 aromatic heterocycles. The summed E-state index contributed by atoms with van der Waals surface area (Å²) >= 11 is 0. The summed E-state index contributed by atoms with van der Waals surface area (Å²) < 4.78 is 2.20. The minimum atomic E-state index is 0.0457. The second-order valence-corrected chi connectivity index (χ2v) is 7.95. The standard InChI is InChI=1S/C23H26N4O/c1-15(2)22-25-24-21-14-26(13-17(4)27(21)22)23(28)20-11-6-5-10-19(20)18-9-7-8-16(3)12-18/h5-12,15,17H,13-14H2,1-4H3/t17-/m0/s1. The highest BCUT2D eigenvalue weighted by Gasteiger charge is 2.31. The van der Waals surface area contributed by atoms with Crippen molar-refractivity contribution in [2.75, 3.05) is 6.54 Å². The third kappa shape index (κ3) is 3.21. The molecule has 144 valence electrons. The molecule has 1 aliphatic heterocycles. The lowest BCUT2D eigenvalue weighted by Gasteiger charge is -2.33. The molecule has 0 bridgehead atoms. The molecular formula is C23H26N4O. The van der Waals surface area contributed by atoms with Crippen LogP contribution in [0.4, 0.5) is 0 Å². The van der Waals surface area contributed by atoms with Gasteiger partial charge in [-0.3, -0.25) is 4.79 Å². The minimum Gasteiger partial charge on any atom is -0.329 e. The number of aryl methyl sites for hydroxylation is 1. The summed E-state index contributed by atoms with van der Waals surface area (Å²) in [6.45, 7) is 9.60. The molecule has 1 aliphatic rings. The normalized spacial score (nSPS) is 16.3. The maximum atomic E-state index is 13.4. The number of nitrogens with zero attached hydrogens (tertiary/aromatic N) is 4. The Morgan fingerprint density at radius 2 is 1.89 bits per heavy atom. The van der Waals surface area contributed by atoms with E-state index in [-0.39, 0.29) is 11.9 Å². The number of hydrogen-bond acceptors (Lipinski definition) is 3. The van der Waals surface area contributed by atoms with Crippen molar-refractivity contribution >= 4 is 5.91 Å². The first-order valence-electron chi connectivity index (χ1n) is 9.84. The van der Waals surface area contributed by atoms with Crippen LogP contribution in [0.5, 0.6) is 0 Å². The van der Waals surface area contributed by atoms with Crippen molar-refractivity contribution in [3.05, 3.63) is 71.3 Å². The van der Waals surface area contributed by atoms with Crippen LogP contribution >= 0.6 is 0 Å². The minimum absolute atomic E-state index is 0.0457. The lowest BCUT2D eigenvalue weighted by atomic mass is 9.97. The summed E-state index contributed by atoms with van der Waals surface area (Å²) in [5.74, 6) is 2.22. The van der Waals surface area contributed by atoms with Crippen molar-refractivity contribution in [1.29, 1.82) is 0 Å². The molecule has 0 N–H and O–H groups in total. The van der Waals surface area contributed by atoms with Gasteiger partial charge in [0.2, 0.25) is 0 Å². The second kappa shape index (κ2) is 7.23. The molecule has 0 radical (unpaired) electrons. The zero-order chi connectivity index (χ0) is 19.8. The fraction of sp³-hybridized carbons (Fsp3) is 0.348. The van der Waals surface area contributed by atoms with E-state index in [4.69, 9.17) is 0 Å². The van der Waals surface area contributed by atoms with Crippen LogP contribution in [0.1, 0.15) is 60.3 Å². The highest BCUT2D eigenvalue weighted by atomic mass is 16.2. The molecule has 1 atom stereocenters. The molecule has 2 heterocycles. The first-order valence-corrected chi connectivity index (χ1v) is 9.84. The van der Waals surface area contributed by atoms with Gasteiger partial charge in [0.05, 0.1) is 12.6 Å². The third-order valence-electron chi connectivity index (χ3n) is 5.34. The molecular weight excluding hydrogens is 348 g/mol. The largest absolute Gasteiger partial charge is 0.329 e. The van der Waals surface area contributed by atoms with Crippen molar-refractivity contribution < 1.29 is 4.79 Å². The Kier molecular flexibility index (Phi) is 4.75. The van der Waals surface area contributed by atoms with Gasteiger partial charge in [0.25, 0.3) is 5.91 Å². The van der Waals surface area contributed by atoms with Gasteiger partial charge in [-0.05, 0) is 31.0 Å². The van der Waals surface area contributed by atoms with Crippen LogP contribution in [0, 0.1) is 6.92 Å². The van der Waals surface area contributed by atoms with Crippen LogP contribution in [0.3, 0.4) is 0 Å². The Labute approximate surface area is 166 Å². The highest BCUT2D eigenvalue weighted by molar-refractivity contribution is 6.01. The van der Waals surface area contributed by atoms with Crippen molar-refractivity contribution in [3.8, 4) is 11.1 Å². The Morgan fingerprint density at radius 3 is 2.64 bits per heavy atom. The molecule has 4 rings (SSSR count). The lowest BCUT2D eigenvalue weighted by Crippen LogP contribution is -2.41. The fourth-order valence-corrected chi connectivity index (χ4v) is 4.01. The maximum absolute atomic E-state index is 13.4. The van der Waals surface area contributed by atoms with Crippen LogP contribution in [0.15, 0.2) is 48.5 Å². The molecule has 0 unspecified atom stereocenters. The van der Waals surface area contributed by atoms with Crippen molar-refractivity contribution in [2.45, 2.75) is 46.2 Å². The van der Waals surface area contributed by atoms with Gasteiger partial charge in [0, 0.05) is 18.0 Å². The molecule has 0 saturated heterocycles. The van der Waals surface area contributed by atoms with Crippen LogP contribution in [-0.2, 0) is 6.54 Å². The molecule has 5 nitrogen and oxygen atoms in total. The molecule has 5 heteroatoms. The molecule has 3 aromatic rings. The number of rotatable bonds is 3. The summed E-state index contributed by atoms with van der Waals surface area (Å²) in [5, 5.41) is 8.73. The van der Waals surface area contributed by atoms with E-state index >= 15 is 0 Å². The molecule has 2 aromatic carbocycles. The topological polar surface area (TPSA) is 51.0 Å². The van der Waals surface area contributed by atoms with Gasteiger partial charge in [0.1, 0.15) is 5.82 Å². The second-order valence-electron chi connectivity index (χ2n) is 7.95. The average Bonchev–Trinajstić information content (AvgIpc) is 3.12. The average molecular weight is 374 g/mol. The van der Waals surface area contributed by atoms with E-state index in [0.717, 1.165) is 28.3 Å². The predicted molar refractivity (Wildman–Crippen MR) is 110 cm³/mol. The summed E-state index contributed by atoms with van der Waals surface area (Å²) in [6.07, 6.45) is 0. The SMILES string of the molecule is Cc1cccc(-c2ccccc2C(=O)N2Cc3nnc(C(C)C)n3[C@@H](C)C2)c1. The van der Waals surface area contributed by atoms with E-state index in [2.05, 4.69) is 60.7 Å². The third-order valence-corrected chi connectivity index (χ3v) is 5.34. The van der Waals surface area contributed by atoms with Gasteiger partial charge < -0.3 is 9.47 Å². The number of aromatic nitrogens is 3.